The molecule has 0 aromatic heterocycles. The Hall–Kier alpha value is 2.03. The van der Waals surface area contributed by atoms with Gasteiger partial charge in [-0.25, -0.2) is 0 Å². The molecule has 0 rings (SSSR count). The molecule has 4 heteroatoms. The Morgan fingerprint density at radius 2 is 1.00 bits per heavy atom. The van der Waals surface area contributed by atoms with E-state index in [0.717, 1.165) is 0 Å². The van der Waals surface area contributed by atoms with Gasteiger partial charge in [-0.1, -0.05) is 0 Å². The van der Waals surface area contributed by atoms with Crippen LogP contribution in [-0.2, 0) is 17.1 Å². The summed E-state index contributed by atoms with van der Waals surface area (Å²) in [6, 6.07) is 0. The van der Waals surface area contributed by atoms with Gasteiger partial charge in [0.15, 0.2) is 0 Å². The number of hydrogen-bond donors (Lipinski definition) is 0. The summed E-state index contributed by atoms with van der Waals surface area (Å²) in [5.41, 5.74) is 0. The summed E-state index contributed by atoms with van der Waals surface area (Å²) in [7, 11) is 0. The first kappa shape index (κ1) is 37.1. The Kier molecular flexibility index (Phi) is 184. The normalized spacial score (nSPS) is 0. The fraction of sp³-hybridized carbons (Fsp3) is 0. The van der Waals surface area contributed by atoms with Crippen molar-refractivity contribution in [3.05, 3.63) is 0 Å². The van der Waals surface area contributed by atoms with Gasteiger partial charge in [0.25, 0.3) is 0 Å². The summed E-state index contributed by atoms with van der Waals surface area (Å²) in [5, 5.41) is 0. The number of rotatable bonds is 0. The van der Waals surface area contributed by atoms with Gasteiger partial charge in [0, 0.05) is 17.1 Å². The van der Waals surface area contributed by atoms with Gasteiger partial charge >= 0.3 is 36.9 Å². The van der Waals surface area contributed by atoms with Crippen molar-refractivity contribution < 1.29 is 17.1 Å². The predicted molar refractivity (Wildman–Crippen MR) is 28.9 cm³/mol. The third-order valence-corrected chi connectivity index (χ3v) is 0. The van der Waals surface area contributed by atoms with Crippen molar-refractivity contribution in [2.45, 2.75) is 0 Å². The molecule has 0 bridgehead atoms. The van der Waals surface area contributed by atoms with Crippen molar-refractivity contribution in [1.82, 2.24) is 0 Å². The first-order valence-electron chi connectivity index (χ1n) is 0. The van der Waals surface area contributed by atoms with Crippen LogP contribution >= 0.6 is 13.5 Å². The average Bonchev–Trinajstić information content (AvgIpc) is 0. The van der Waals surface area contributed by atoms with Crippen LogP contribution in [0.3, 0.4) is 0 Å². The zero-order chi connectivity index (χ0) is 0. The Bertz CT molecular complexity index is 8.00. The molecule has 0 aromatic carbocycles. The molecule has 0 saturated carbocycles. The maximum atomic E-state index is 0. The molecule has 0 amide bonds. The summed E-state index contributed by atoms with van der Waals surface area (Å²) in [4.78, 5) is 0. The van der Waals surface area contributed by atoms with Crippen molar-refractivity contribution in [2.75, 3.05) is 0 Å². The van der Waals surface area contributed by atoms with E-state index in [-0.39, 0.29) is 67.4 Å². The van der Waals surface area contributed by atoms with Crippen molar-refractivity contribution in [3.63, 3.8) is 0 Å². The van der Waals surface area contributed by atoms with Crippen LogP contribution in [0.2, 0.25) is 0 Å². The monoisotopic (exact) mass is 251 g/mol. The minimum atomic E-state index is 0. The zero-order valence-electron chi connectivity index (χ0n) is 1.30. The molecule has 0 N–H and O–H groups in total. The van der Waals surface area contributed by atoms with E-state index in [9.17, 15) is 0 Å². The Morgan fingerprint density at radius 1 is 1.00 bits per heavy atom. The molecule has 0 aliphatic carbocycles. The molecule has 0 atom stereocenters. The van der Waals surface area contributed by atoms with Crippen LogP contribution in [0.25, 0.3) is 0 Å². The molecule has 0 unspecified atom stereocenters. The molecule has 0 heterocycles. The number of hydrogen-bond acceptors (Lipinski definition) is 0. The van der Waals surface area contributed by atoms with Gasteiger partial charge in [-0.2, -0.15) is 13.5 Å². The molecule has 0 aromatic rings. The first-order valence-corrected chi connectivity index (χ1v) is 0. The molecule has 0 aliphatic heterocycles. The Balaban J connectivity index is 0. The SMILES string of the molecule is S.[Cu].[GaH3].[SeH2]. The third kappa shape index (κ3) is 8.98. The second-order valence-corrected chi connectivity index (χ2v) is 0. The summed E-state index contributed by atoms with van der Waals surface area (Å²) >= 11 is 0. The van der Waals surface area contributed by atoms with Crippen LogP contribution in [0.4, 0.5) is 0 Å². The topological polar surface area (TPSA) is 0 Å². The third-order valence-electron chi connectivity index (χ3n) is 0. The molecule has 33 valence electrons. The van der Waals surface area contributed by atoms with E-state index in [2.05, 4.69) is 0 Å². The van der Waals surface area contributed by atoms with E-state index in [4.69, 9.17) is 0 Å². The Labute approximate surface area is 66.9 Å². The van der Waals surface area contributed by atoms with Gasteiger partial charge < -0.3 is 0 Å². The van der Waals surface area contributed by atoms with Crippen molar-refractivity contribution >= 4 is 50.4 Å². The standard InChI is InChI=1S/Cu.Ga.H2S.H2Se.3H/h;;2*1H2;;;. The fourth-order valence-corrected chi connectivity index (χ4v) is 0. The molecule has 0 nitrogen and oxygen atoms in total. The van der Waals surface area contributed by atoms with Crippen LogP contribution < -0.4 is 0 Å². The van der Waals surface area contributed by atoms with Crippen LogP contribution in [0, 0.1) is 0 Å². The van der Waals surface area contributed by atoms with E-state index in [1.807, 2.05) is 0 Å². The molecule has 4 heavy (non-hydrogen) atoms. The van der Waals surface area contributed by atoms with Crippen molar-refractivity contribution in [2.24, 2.45) is 0 Å². The molecule has 0 saturated heterocycles. The quantitative estimate of drug-likeness (QED) is 0.437. The van der Waals surface area contributed by atoms with Gasteiger partial charge in [-0.05, 0) is 0 Å². The predicted octanol–water partition coefficient (Wildman–Crippen LogP) is -1.99. The molecule has 0 fully saturated rings. The Morgan fingerprint density at radius 3 is 1.00 bits per heavy atom. The summed E-state index contributed by atoms with van der Waals surface area (Å²) in [6.07, 6.45) is 0. The second kappa shape index (κ2) is 19.9. The molecular formula is H7CuGaSSe. The van der Waals surface area contributed by atoms with Crippen LogP contribution in [0.1, 0.15) is 0 Å². The maximum absolute atomic E-state index is 0. The van der Waals surface area contributed by atoms with E-state index in [0.29, 0.717) is 0 Å². The average molecular weight is 251 g/mol. The summed E-state index contributed by atoms with van der Waals surface area (Å²) in [5.74, 6) is 0. The zero-order valence-corrected chi connectivity index (χ0v) is 5.34. The van der Waals surface area contributed by atoms with E-state index < -0.39 is 0 Å². The van der Waals surface area contributed by atoms with E-state index >= 15 is 0 Å². The molecule has 0 aliphatic rings. The van der Waals surface area contributed by atoms with Gasteiger partial charge in [-0.3, -0.25) is 0 Å². The van der Waals surface area contributed by atoms with Gasteiger partial charge in [-0.15, -0.1) is 0 Å². The van der Waals surface area contributed by atoms with Crippen LogP contribution in [0.5, 0.6) is 0 Å². The van der Waals surface area contributed by atoms with Crippen molar-refractivity contribution in [1.29, 1.82) is 0 Å². The molecule has 1 radical (unpaired) electrons. The van der Waals surface area contributed by atoms with E-state index in [1.54, 1.807) is 0 Å². The molecular weight excluding hydrogens is 244 g/mol. The van der Waals surface area contributed by atoms with Gasteiger partial charge in [0.2, 0.25) is 0 Å². The van der Waals surface area contributed by atoms with E-state index in [1.165, 1.54) is 0 Å². The van der Waals surface area contributed by atoms with Crippen LogP contribution in [-0.4, -0.2) is 36.9 Å². The first-order chi connectivity index (χ1) is 0. The van der Waals surface area contributed by atoms with Gasteiger partial charge in [0.1, 0.15) is 0 Å². The summed E-state index contributed by atoms with van der Waals surface area (Å²) < 4.78 is 0. The van der Waals surface area contributed by atoms with Crippen LogP contribution in [0.15, 0.2) is 0 Å². The van der Waals surface area contributed by atoms with Crippen molar-refractivity contribution in [3.8, 4) is 0 Å². The second-order valence-electron chi connectivity index (χ2n) is 0. The summed E-state index contributed by atoms with van der Waals surface area (Å²) in [6.45, 7) is 0. The minimum absolute atomic E-state index is 0. The van der Waals surface area contributed by atoms with Gasteiger partial charge in [0.05, 0.1) is 0 Å². The molecule has 0 spiro atoms. The fourth-order valence-electron chi connectivity index (χ4n) is 0.